The fourth-order valence-electron chi connectivity index (χ4n) is 2.73. The monoisotopic (exact) mass is 359 g/mol. The van der Waals surface area contributed by atoms with Crippen molar-refractivity contribution in [3.8, 4) is 0 Å². The number of aliphatic hydroxyl groups excluding tert-OH is 1. The molecule has 1 aliphatic rings. The maximum absolute atomic E-state index is 12.6. The molecule has 0 aromatic carbocycles. The molecule has 0 saturated carbocycles. The van der Waals surface area contributed by atoms with Crippen molar-refractivity contribution >= 4 is 16.1 Å². The molecule has 1 aromatic heterocycles. The highest BCUT2D eigenvalue weighted by atomic mass is 32.2. The third kappa shape index (κ3) is 3.77. The number of amides is 1. The first-order valence-corrected chi connectivity index (χ1v) is 9.09. The number of hydrogen-bond donors (Lipinski definition) is 3. The van der Waals surface area contributed by atoms with Crippen LogP contribution in [-0.2, 0) is 22.1 Å². The van der Waals surface area contributed by atoms with E-state index in [1.807, 2.05) is 0 Å². The molecule has 2 heterocycles. The molecule has 136 valence electrons. The van der Waals surface area contributed by atoms with Gasteiger partial charge in [-0.25, -0.2) is 0 Å². The summed E-state index contributed by atoms with van der Waals surface area (Å²) in [6.45, 7) is 4.89. The first-order chi connectivity index (χ1) is 11.0. The quantitative estimate of drug-likeness (QED) is 0.650. The summed E-state index contributed by atoms with van der Waals surface area (Å²) in [5.74, 6) is -0.437. The lowest BCUT2D eigenvalue weighted by atomic mass is 9.99. The van der Waals surface area contributed by atoms with E-state index in [0.29, 0.717) is 5.69 Å². The molecule has 1 amide bonds. The van der Waals surface area contributed by atoms with Crippen LogP contribution in [0.4, 0.5) is 0 Å². The van der Waals surface area contributed by atoms with Gasteiger partial charge in [-0.15, -0.1) is 0 Å². The zero-order chi connectivity index (χ0) is 18.3. The lowest BCUT2D eigenvalue weighted by Crippen LogP contribution is -2.60. The first kappa shape index (κ1) is 18.8. The van der Waals surface area contributed by atoms with Gasteiger partial charge in [0.25, 0.3) is 10.2 Å². The third-order valence-electron chi connectivity index (χ3n) is 4.15. The summed E-state index contributed by atoms with van der Waals surface area (Å²) in [5, 5.41) is 16.2. The van der Waals surface area contributed by atoms with Crippen LogP contribution in [0.2, 0.25) is 0 Å². The van der Waals surface area contributed by atoms with E-state index in [1.165, 1.54) is 7.05 Å². The van der Waals surface area contributed by atoms with Gasteiger partial charge in [0.15, 0.2) is 0 Å². The summed E-state index contributed by atoms with van der Waals surface area (Å²) < 4.78 is 30.0. The molecule has 1 saturated heterocycles. The topological polar surface area (TPSA) is 117 Å². The molecule has 0 radical (unpaired) electrons. The molecule has 1 aromatic rings. The number of likely N-dealkylation sites (N-methyl/N-ethyl adjacent to an activating group) is 1. The van der Waals surface area contributed by atoms with Gasteiger partial charge in [0.1, 0.15) is 6.04 Å². The van der Waals surface area contributed by atoms with Gasteiger partial charge in [0, 0.05) is 25.9 Å². The maximum Gasteiger partial charge on any atom is 0.280 e. The Balaban J connectivity index is 2.30. The summed E-state index contributed by atoms with van der Waals surface area (Å²) >= 11 is 0. The number of aromatic nitrogens is 2. The Morgan fingerprint density at radius 3 is 2.62 bits per heavy atom. The second-order valence-corrected chi connectivity index (χ2v) is 8.58. The smallest absolute Gasteiger partial charge is 0.280 e. The Labute approximate surface area is 142 Å². The van der Waals surface area contributed by atoms with Crippen LogP contribution in [0.15, 0.2) is 6.20 Å². The molecule has 24 heavy (non-hydrogen) atoms. The van der Waals surface area contributed by atoms with Crippen LogP contribution in [0.5, 0.6) is 0 Å². The molecule has 9 nitrogen and oxygen atoms in total. The molecule has 1 fully saturated rings. The molecule has 3 N–H and O–H groups in total. The number of carbonyl (C=O) groups is 1. The van der Waals surface area contributed by atoms with E-state index in [-0.39, 0.29) is 13.0 Å². The lowest BCUT2D eigenvalue weighted by Gasteiger charge is -2.37. The van der Waals surface area contributed by atoms with Crippen molar-refractivity contribution in [2.24, 2.45) is 7.05 Å². The summed E-state index contributed by atoms with van der Waals surface area (Å²) in [6, 6.07) is -1.40. The highest BCUT2D eigenvalue weighted by Gasteiger charge is 2.42. The van der Waals surface area contributed by atoms with Crippen LogP contribution in [-0.4, -0.2) is 58.8 Å². The normalized spacial score (nSPS) is 24.8. The SMILES string of the molecule is Cc1nn(C)cc1C1CC(C(=O)NC(C)(C)CO)N(C)S(=O)(=O)N1. The van der Waals surface area contributed by atoms with Crippen molar-refractivity contribution in [2.45, 2.75) is 44.8 Å². The standard InChI is InChI=1S/C14H25N5O4S/c1-9-10(7-18(4)16-9)11-6-12(19(5)24(22,23)17-11)13(21)15-14(2,3)8-20/h7,11-12,17,20H,6,8H2,1-5H3,(H,15,21). The van der Waals surface area contributed by atoms with Crippen molar-refractivity contribution in [3.63, 3.8) is 0 Å². The van der Waals surface area contributed by atoms with Crippen molar-refractivity contribution in [2.75, 3.05) is 13.7 Å². The fourth-order valence-corrected chi connectivity index (χ4v) is 4.00. The number of aryl methyl sites for hydroxylation is 2. The second kappa shape index (κ2) is 6.43. The Morgan fingerprint density at radius 2 is 2.12 bits per heavy atom. The summed E-state index contributed by atoms with van der Waals surface area (Å²) in [6.07, 6.45) is 2.02. The van der Waals surface area contributed by atoms with Crippen LogP contribution in [0, 0.1) is 6.92 Å². The van der Waals surface area contributed by atoms with Crippen molar-refractivity contribution in [3.05, 3.63) is 17.5 Å². The third-order valence-corrected chi connectivity index (χ3v) is 5.75. The molecule has 0 spiro atoms. The molecule has 2 atom stereocenters. The van der Waals surface area contributed by atoms with Gasteiger partial charge in [0.2, 0.25) is 5.91 Å². The highest BCUT2D eigenvalue weighted by molar-refractivity contribution is 7.87. The maximum atomic E-state index is 12.6. The van der Waals surface area contributed by atoms with Gasteiger partial charge >= 0.3 is 0 Å². The largest absolute Gasteiger partial charge is 0.394 e. The lowest BCUT2D eigenvalue weighted by molar-refractivity contribution is -0.127. The second-order valence-electron chi connectivity index (χ2n) is 6.82. The summed E-state index contributed by atoms with van der Waals surface area (Å²) in [4.78, 5) is 12.6. The highest BCUT2D eigenvalue weighted by Crippen LogP contribution is 2.29. The van der Waals surface area contributed by atoms with Gasteiger partial charge in [-0.1, -0.05) is 0 Å². The minimum Gasteiger partial charge on any atom is -0.394 e. The van der Waals surface area contributed by atoms with E-state index in [1.54, 1.807) is 38.7 Å². The molecule has 2 rings (SSSR count). The molecule has 2 unspecified atom stereocenters. The zero-order valence-corrected chi connectivity index (χ0v) is 15.4. The van der Waals surface area contributed by atoms with Crippen LogP contribution >= 0.6 is 0 Å². The predicted molar refractivity (Wildman–Crippen MR) is 88.2 cm³/mol. The Hall–Kier alpha value is -1.49. The number of rotatable bonds is 4. The Kier molecular flexibility index (Phi) is 5.05. The fraction of sp³-hybridized carbons (Fsp3) is 0.714. The first-order valence-electron chi connectivity index (χ1n) is 7.65. The van der Waals surface area contributed by atoms with E-state index in [0.717, 1.165) is 9.87 Å². The number of nitrogens with one attached hydrogen (secondary N) is 2. The molecular formula is C14H25N5O4S. The van der Waals surface area contributed by atoms with Crippen molar-refractivity contribution in [1.82, 2.24) is 24.1 Å². The minimum atomic E-state index is -3.80. The van der Waals surface area contributed by atoms with Crippen LogP contribution < -0.4 is 10.0 Å². The van der Waals surface area contributed by atoms with E-state index in [4.69, 9.17) is 0 Å². The number of hydrogen-bond acceptors (Lipinski definition) is 5. The zero-order valence-electron chi connectivity index (χ0n) is 14.6. The van der Waals surface area contributed by atoms with Crippen molar-refractivity contribution in [1.29, 1.82) is 0 Å². The summed E-state index contributed by atoms with van der Waals surface area (Å²) in [5.41, 5.74) is 0.629. The van der Waals surface area contributed by atoms with E-state index >= 15 is 0 Å². The van der Waals surface area contributed by atoms with E-state index < -0.39 is 33.7 Å². The average molecular weight is 359 g/mol. The average Bonchev–Trinajstić information content (AvgIpc) is 2.80. The molecule has 10 heteroatoms. The van der Waals surface area contributed by atoms with E-state index in [9.17, 15) is 18.3 Å². The predicted octanol–water partition coefficient (Wildman–Crippen LogP) is -0.805. The number of aliphatic hydroxyl groups is 1. The van der Waals surface area contributed by atoms with Gasteiger partial charge in [-0.05, 0) is 27.2 Å². The number of carbonyl (C=O) groups excluding carboxylic acids is 1. The van der Waals surface area contributed by atoms with E-state index in [2.05, 4.69) is 15.1 Å². The van der Waals surface area contributed by atoms with Gasteiger partial charge in [-0.3, -0.25) is 9.48 Å². The number of nitrogens with zero attached hydrogens (tertiary/aromatic N) is 3. The Morgan fingerprint density at radius 1 is 1.50 bits per heavy atom. The van der Waals surface area contributed by atoms with Crippen LogP contribution in [0.1, 0.15) is 37.6 Å². The molecular weight excluding hydrogens is 334 g/mol. The van der Waals surface area contributed by atoms with Gasteiger partial charge in [-0.2, -0.15) is 22.5 Å². The van der Waals surface area contributed by atoms with Gasteiger partial charge < -0.3 is 10.4 Å². The summed E-state index contributed by atoms with van der Waals surface area (Å²) in [7, 11) is -0.676. The molecule has 0 aliphatic carbocycles. The molecule has 0 bridgehead atoms. The van der Waals surface area contributed by atoms with Gasteiger partial charge in [0.05, 0.1) is 23.9 Å². The van der Waals surface area contributed by atoms with Crippen LogP contribution in [0.3, 0.4) is 0 Å². The Bertz CT molecular complexity index is 728. The van der Waals surface area contributed by atoms with Crippen molar-refractivity contribution < 1.29 is 18.3 Å². The minimum absolute atomic E-state index is 0.245. The van der Waals surface area contributed by atoms with Crippen LogP contribution in [0.25, 0.3) is 0 Å². The molecule has 1 aliphatic heterocycles.